The molecule has 0 aromatic heterocycles. The van der Waals surface area contributed by atoms with Gasteiger partial charge in [0, 0.05) is 11.5 Å². The molecular weight excluding hydrogens is 233 g/mol. The normalized spacial score (nSPS) is 19.5. The highest BCUT2D eigenvalue weighted by Gasteiger charge is 2.33. The van der Waals surface area contributed by atoms with Gasteiger partial charge in [-0.15, -0.1) is 13.2 Å². The lowest BCUT2D eigenvalue weighted by Gasteiger charge is -2.10. The summed E-state index contributed by atoms with van der Waals surface area (Å²) in [6.45, 7) is -0.464. The largest absolute Gasteiger partial charge is 0.522 e. The van der Waals surface area contributed by atoms with E-state index >= 15 is 0 Å². The third-order valence-corrected chi connectivity index (χ3v) is 2.85. The van der Waals surface area contributed by atoms with E-state index < -0.39 is 13.0 Å². The van der Waals surface area contributed by atoms with Gasteiger partial charge >= 0.3 is 6.36 Å². The van der Waals surface area contributed by atoms with Crippen molar-refractivity contribution in [1.29, 1.82) is 0 Å². The molecule has 0 bridgehead atoms. The van der Waals surface area contributed by atoms with Gasteiger partial charge < -0.3 is 0 Å². The van der Waals surface area contributed by atoms with E-state index in [1.807, 2.05) is 12.1 Å². The summed E-state index contributed by atoms with van der Waals surface area (Å²) >= 11 is 0. The molecule has 1 aromatic rings. The molecule has 0 radical (unpaired) electrons. The molecule has 1 aromatic carbocycles. The van der Waals surface area contributed by atoms with Crippen LogP contribution in [0.25, 0.3) is 0 Å². The van der Waals surface area contributed by atoms with E-state index in [1.165, 1.54) is 0 Å². The smallest absolute Gasteiger partial charge is 0.294 e. The van der Waals surface area contributed by atoms with E-state index in [-0.39, 0.29) is 18.1 Å². The molecule has 0 N–H and O–H groups in total. The summed E-state index contributed by atoms with van der Waals surface area (Å²) < 4.78 is 39.0. The van der Waals surface area contributed by atoms with Crippen LogP contribution in [0.1, 0.15) is 22.3 Å². The second-order valence-electron chi connectivity index (χ2n) is 4.01. The number of ketones is 1. The molecule has 1 unspecified atom stereocenters. The van der Waals surface area contributed by atoms with Crippen molar-refractivity contribution in [1.82, 2.24) is 0 Å². The fourth-order valence-electron chi connectivity index (χ4n) is 2.07. The number of carbonyl (C=O) groups is 1. The number of alkyl halides is 3. The Bertz CT molecular complexity index is 426. The third kappa shape index (κ3) is 2.85. The number of fused-ring (bicyclic) bond motifs is 1. The minimum Gasteiger partial charge on any atom is -0.294 e. The summed E-state index contributed by atoms with van der Waals surface area (Å²) in [6.07, 6.45) is -4.00. The van der Waals surface area contributed by atoms with Crippen molar-refractivity contribution in [2.24, 2.45) is 5.92 Å². The quantitative estimate of drug-likeness (QED) is 0.817. The van der Waals surface area contributed by atoms with E-state index in [9.17, 15) is 18.0 Å². The summed E-state index contributed by atoms with van der Waals surface area (Å²) in [5.74, 6) is -0.457. The Morgan fingerprint density at radius 3 is 2.65 bits per heavy atom. The Morgan fingerprint density at radius 1 is 1.29 bits per heavy atom. The summed E-state index contributed by atoms with van der Waals surface area (Å²) in [4.78, 5) is 11.8. The first kappa shape index (κ1) is 12.1. The minimum atomic E-state index is -4.62. The van der Waals surface area contributed by atoms with Crippen LogP contribution in [-0.4, -0.2) is 18.8 Å². The Hall–Kier alpha value is -1.36. The molecule has 1 atom stereocenters. The summed E-state index contributed by atoms with van der Waals surface area (Å²) in [5, 5.41) is 0. The third-order valence-electron chi connectivity index (χ3n) is 2.85. The predicted molar refractivity (Wildman–Crippen MR) is 54.6 cm³/mol. The lowest BCUT2D eigenvalue weighted by Crippen LogP contribution is -2.18. The van der Waals surface area contributed by atoms with Gasteiger partial charge in [0.15, 0.2) is 5.78 Å². The zero-order valence-electron chi connectivity index (χ0n) is 8.96. The first-order valence-electron chi connectivity index (χ1n) is 5.30. The zero-order valence-corrected chi connectivity index (χ0v) is 8.96. The molecule has 0 saturated carbocycles. The Labute approximate surface area is 96.4 Å². The monoisotopic (exact) mass is 244 g/mol. The first-order valence-corrected chi connectivity index (χ1v) is 5.30. The van der Waals surface area contributed by atoms with E-state index in [2.05, 4.69) is 4.74 Å². The van der Waals surface area contributed by atoms with Gasteiger partial charge in [-0.3, -0.25) is 9.53 Å². The summed E-state index contributed by atoms with van der Waals surface area (Å²) in [7, 11) is 0. The van der Waals surface area contributed by atoms with Crippen LogP contribution in [0, 0.1) is 5.92 Å². The van der Waals surface area contributed by atoms with Crippen molar-refractivity contribution >= 4 is 5.78 Å². The van der Waals surface area contributed by atoms with Crippen LogP contribution in [0.15, 0.2) is 24.3 Å². The standard InChI is InChI=1S/C12H11F3O2/c13-12(14,15)17-6-5-9-7-8-3-1-2-4-10(8)11(9)16/h1-4,9H,5-7H2. The van der Waals surface area contributed by atoms with Crippen molar-refractivity contribution in [3.05, 3.63) is 35.4 Å². The van der Waals surface area contributed by atoms with Gasteiger partial charge in [-0.25, -0.2) is 0 Å². The van der Waals surface area contributed by atoms with Crippen molar-refractivity contribution in [2.45, 2.75) is 19.2 Å². The highest BCUT2D eigenvalue weighted by molar-refractivity contribution is 6.02. The lowest BCUT2D eigenvalue weighted by molar-refractivity contribution is -0.325. The topological polar surface area (TPSA) is 26.3 Å². The lowest BCUT2D eigenvalue weighted by atomic mass is 10.0. The highest BCUT2D eigenvalue weighted by Crippen LogP contribution is 2.29. The molecule has 2 nitrogen and oxygen atoms in total. The number of rotatable bonds is 3. The maximum atomic E-state index is 11.8. The number of halogens is 3. The maximum Gasteiger partial charge on any atom is 0.522 e. The van der Waals surface area contributed by atoms with Crippen molar-refractivity contribution in [2.75, 3.05) is 6.61 Å². The van der Waals surface area contributed by atoms with Crippen LogP contribution in [0.5, 0.6) is 0 Å². The SMILES string of the molecule is O=C1c2ccccc2CC1CCOC(F)(F)F. The molecular formula is C12H11F3O2. The fraction of sp³-hybridized carbons (Fsp3) is 0.417. The molecule has 0 amide bonds. The van der Waals surface area contributed by atoms with Crippen LogP contribution < -0.4 is 0 Å². The average Bonchev–Trinajstić information content (AvgIpc) is 2.55. The van der Waals surface area contributed by atoms with Crippen LogP contribution >= 0.6 is 0 Å². The van der Waals surface area contributed by atoms with Gasteiger partial charge in [0.2, 0.25) is 0 Å². The van der Waals surface area contributed by atoms with Crippen molar-refractivity contribution in [3.63, 3.8) is 0 Å². The van der Waals surface area contributed by atoms with Crippen LogP contribution in [0.2, 0.25) is 0 Å². The van der Waals surface area contributed by atoms with Crippen molar-refractivity contribution < 1.29 is 22.7 Å². The number of carbonyl (C=O) groups excluding carboxylic acids is 1. The fourth-order valence-corrected chi connectivity index (χ4v) is 2.07. The number of benzene rings is 1. The number of Topliss-reactive ketones (excluding diaryl/α,β-unsaturated/α-hetero) is 1. The van der Waals surface area contributed by atoms with E-state index in [0.717, 1.165) is 5.56 Å². The van der Waals surface area contributed by atoms with E-state index in [0.29, 0.717) is 12.0 Å². The van der Waals surface area contributed by atoms with Gasteiger partial charge in [-0.2, -0.15) is 0 Å². The molecule has 5 heteroatoms. The first-order chi connectivity index (χ1) is 7.97. The summed E-state index contributed by atoms with van der Waals surface area (Å²) in [5.41, 5.74) is 1.54. The Balaban J connectivity index is 1.92. The number of ether oxygens (including phenoxy) is 1. The molecule has 92 valence electrons. The van der Waals surface area contributed by atoms with E-state index in [1.54, 1.807) is 12.1 Å². The Kier molecular flexibility index (Phi) is 3.19. The molecule has 2 rings (SSSR count). The molecule has 0 aliphatic heterocycles. The highest BCUT2D eigenvalue weighted by atomic mass is 19.4. The predicted octanol–water partition coefficient (Wildman–Crippen LogP) is 2.97. The maximum absolute atomic E-state index is 11.8. The van der Waals surface area contributed by atoms with Crippen LogP contribution in [0.4, 0.5) is 13.2 Å². The zero-order chi connectivity index (χ0) is 12.5. The second-order valence-corrected chi connectivity index (χ2v) is 4.01. The molecule has 0 spiro atoms. The molecule has 17 heavy (non-hydrogen) atoms. The minimum absolute atomic E-state index is 0.0774. The van der Waals surface area contributed by atoms with Gasteiger partial charge in [-0.1, -0.05) is 24.3 Å². The van der Waals surface area contributed by atoms with Gasteiger partial charge in [0.1, 0.15) is 0 Å². The second kappa shape index (κ2) is 4.49. The van der Waals surface area contributed by atoms with Gasteiger partial charge in [0.25, 0.3) is 0 Å². The average molecular weight is 244 g/mol. The molecule has 0 saturated heterocycles. The van der Waals surface area contributed by atoms with Gasteiger partial charge in [0.05, 0.1) is 6.61 Å². The molecule has 0 fully saturated rings. The van der Waals surface area contributed by atoms with Gasteiger partial charge in [-0.05, 0) is 18.4 Å². The van der Waals surface area contributed by atoms with Crippen LogP contribution in [0.3, 0.4) is 0 Å². The Morgan fingerprint density at radius 2 is 2.00 bits per heavy atom. The molecule has 0 heterocycles. The molecule has 1 aliphatic carbocycles. The van der Waals surface area contributed by atoms with Crippen LogP contribution in [-0.2, 0) is 11.2 Å². The van der Waals surface area contributed by atoms with Crippen molar-refractivity contribution in [3.8, 4) is 0 Å². The molecule has 1 aliphatic rings. The van der Waals surface area contributed by atoms with E-state index in [4.69, 9.17) is 0 Å². The number of hydrogen-bond donors (Lipinski definition) is 0. The summed E-state index contributed by atoms with van der Waals surface area (Å²) in [6, 6.07) is 7.12. The number of hydrogen-bond acceptors (Lipinski definition) is 2.